The summed E-state index contributed by atoms with van der Waals surface area (Å²) in [4.78, 5) is 24.0. The third-order valence-electron chi connectivity index (χ3n) is 4.10. The first kappa shape index (κ1) is 22.4. The summed E-state index contributed by atoms with van der Waals surface area (Å²) >= 11 is 0. The Balaban J connectivity index is 1.87. The Kier molecular flexibility index (Phi) is 9.68. The third kappa shape index (κ3) is 8.33. The smallest absolute Gasteiger partial charge is 0.328 e. The molecule has 7 heteroatoms. The highest BCUT2D eigenvalue weighted by Crippen LogP contribution is 2.15. The molecule has 0 aliphatic rings. The molecule has 1 amide bonds. The molecule has 1 N–H and O–H groups in total. The summed E-state index contributed by atoms with van der Waals surface area (Å²) in [6.45, 7) is 1.02. The van der Waals surface area contributed by atoms with Crippen molar-refractivity contribution >= 4 is 11.9 Å². The maximum absolute atomic E-state index is 12.0. The summed E-state index contributed by atoms with van der Waals surface area (Å²) < 4.78 is 20.6. The first-order valence-electron chi connectivity index (χ1n) is 9.32. The third-order valence-corrected chi connectivity index (χ3v) is 4.10. The maximum Gasteiger partial charge on any atom is 0.328 e. The number of hydrogen-bond donors (Lipinski definition) is 1. The van der Waals surface area contributed by atoms with Crippen molar-refractivity contribution < 1.29 is 28.5 Å². The van der Waals surface area contributed by atoms with Crippen LogP contribution in [-0.4, -0.2) is 52.0 Å². The topological polar surface area (TPSA) is 83.1 Å². The van der Waals surface area contributed by atoms with Crippen molar-refractivity contribution in [2.75, 3.05) is 34.0 Å². The number of amides is 1. The van der Waals surface area contributed by atoms with Crippen LogP contribution in [0.15, 0.2) is 54.6 Å². The summed E-state index contributed by atoms with van der Waals surface area (Å²) in [5.41, 5.74) is 1.95. The lowest BCUT2D eigenvalue weighted by atomic mass is 10.1. The molecule has 0 aliphatic carbocycles. The number of esters is 1. The standard InChI is InChI=1S/C22H27NO6/c1-26-12-13-28-16-21(24)23-20(22(25)27-2)14-17-8-10-19(11-9-17)29-15-18-6-4-3-5-7-18/h3-11,20H,12-16H2,1-2H3,(H,23,24)/t20-/m0/s1. The lowest BCUT2D eigenvalue weighted by Gasteiger charge is -2.17. The van der Waals surface area contributed by atoms with Gasteiger partial charge in [-0.25, -0.2) is 4.79 Å². The van der Waals surface area contributed by atoms with Gasteiger partial charge in [0.1, 0.15) is 25.0 Å². The van der Waals surface area contributed by atoms with E-state index in [2.05, 4.69) is 5.32 Å². The van der Waals surface area contributed by atoms with E-state index in [0.29, 0.717) is 26.2 Å². The van der Waals surface area contributed by atoms with Crippen LogP contribution in [0, 0.1) is 0 Å². The Hall–Kier alpha value is -2.90. The molecule has 0 heterocycles. The highest BCUT2D eigenvalue weighted by atomic mass is 16.5. The van der Waals surface area contributed by atoms with E-state index < -0.39 is 12.0 Å². The van der Waals surface area contributed by atoms with Crippen molar-refractivity contribution in [2.24, 2.45) is 0 Å². The second-order valence-corrected chi connectivity index (χ2v) is 6.31. The van der Waals surface area contributed by atoms with Crippen molar-refractivity contribution in [2.45, 2.75) is 19.1 Å². The number of benzene rings is 2. The minimum Gasteiger partial charge on any atom is -0.489 e. The highest BCUT2D eigenvalue weighted by Gasteiger charge is 2.22. The van der Waals surface area contributed by atoms with E-state index >= 15 is 0 Å². The Morgan fingerprint density at radius 1 is 0.931 bits per heavy atom. The predicted octanol–water partition coefficient (Wildman–Crippen LogP) is 2.13. The van der Waals surface area contributed by atoms with Crippen LogP contribution in [0.3, 0.4) is 0 Å². The fourth-order valence-corrected chi connectivity index (χ4v) is 2.58. The number of hydrogen-bond acceptors (Lipinski definition) is 6. The largest absolute Gasteiger partial charge is 0.489 e. The Morgan fingerprint density at radius 3 is 2.31 bits per heavy atom. The second-order valence-electron chi connectivity index (χ2n) is 6.31. The lowest BCUT2D eigenvalue weighted by molar-refractivity contribution is -0.145. The molecule has 0 radical (unpaired) electrons. The van der Waals surface area contributed by atoms with E-state index in [9.17, 15) is 9.59 Å². The minimum absolute atomic E-state index is 0.150. The zero-order valence-electron chi connectivity index (χ0n) is 16.8. The molecule has 1 atom stereocenters. The lowest BCUT2D eigenvalue weighted by Crippen LogP contribution is -2.44. The quantitative estimate of drug-likeness (QED) is 0.433. The summed E-state index contributed by atoms with van der Waals surface area (Å²) in [5.74, 6) is -0.179. The van der Waals surface area contributed by atoms with Crippen LogP contribution in [0.4, 0.5) is 0 Å². The van der Waals surface area contributed by atoms with Gasteiger partial charge >= 0.3 is 5.97 Å². The Labute approximate surface area is 170 Å². The van der Waals surface area contributed by atoms with Crippen molar-refractivity contribution in [3.05, 3.63) is 65.7 Å². The van der Waals surface area contributed by atoms with Crippen molar-refractivity contribution in [1.29, 1.82) is 0 Å². The Morgan fingerprint density at radius 2 is 1.66 bits per heavy atom. The molecule has 0 aliphatic heterocycles. The molecule has 0 saturated carbocycles. The maximum atomic E-state index is 12.0. The van der Waals surface area contributed by atoms with Gasteiger partial charge in [0.15, 0.2) is 0 Å². The van der Waals surface area contributed by atoms with Gasteiger partial charge in [-0.1, -0.05) is 42.5 Å². The number of rotatable bonds is 12. The molecule has 0 aromatic heterocycles. The molecule has 29 heavy (non-hydrogen) atoms. The van der Waals surface area contributed by atoms with E-state index in [1.54, 1.807) is 7.11 Å². The first-order valence-corrected chi connectivity index (χ1v) is 9.32. The molecular formula is C22H27NO6. The highest BCUT2D eigenvalue weighted by molar-refractivity contribution is 5.85. The fraction of sp³-hybridized carbons (Fsp3) is 0.364. The van der Waals surface area contributed by atoms with Crippen LogP contribution in [0.25, 0.3) is 0 Å². The summed E-state index contributed by atoms with van der Waals surface area (Å²) in [6, 6.07) is 16.5. The van der Waals surface area contributed by atoms with E-state index in [0.717, 1.165) is 16.9 Å². The number of carbonyl (C=O) groups excluding carboxylic acids is 2. The van der Waals surface area contributed by atoms with Crippen molar-refractivity contribution in [1.82, 2.24) is 5.32 Å². The normalized spacial score (nSPS) is 11.5. The van der Waals surface area contributed by atoms with Gasteiger partial charge in [-0.15, -0.1) is 0 Å². The molecule has 2 aromatic rings. The molecule has 2 rings (SSSR count). The molecule has 0 spiro atoms. The van der Waals surface area contributed by atoms with Crippen LogP contribution in [0.5, 0.6) is 5.75 Å². The van der Waals surface area contributed by atoms with Gasteiger partial charge in [-0.05, 0) is 23.3 Å². The molecule has 0 bridgehead atoms. The van der Waals surface area contributed by atoms with Crippen LogP contribution in [0.1, 0.15) is 11.1 Å². The number of ether oxygens (including phenoxy) is 4. The van der Waals surface area contributed by atoms with E-state index in [4.69, 9.17) is 18.9 Å². The molecular weight excluding hydrogens is 374 g/mol. The zero-order valence-corrected chi connectivity index (χ0v) is 16.8. The van der Waals surface area contributed by atoms with Gasteiger partial charge in [0.05, 0.1) is 20.3 Å². The second kappa shape index (κ2) is 12.5. The monoisotopic (exact) mass is 401 g/mol. The Bertz CT molecular complexity index is 748. The molecule has 156 valence electrons. The number of methoxy groups -OCH3 is 2. The van der Waals surface area contributed by atoms with E-state index in [1.165, 1.54) is 7.11 Å². The summed E-state index contributed by atoms with van der Waals surface area (Å²) in [6.07, 6.45) is 0.301. The van der Waals surface area contributed by atoms with Crippen LogP contribution >= 0.6 is 0 Å². The van der Waals surface area contributed by atoms with Gasteiger partial charge in [0.25, 0.3) is 0 Å². The van der Waals surface area contributed by atoms with Crippen LogP contribution in [0.2, 0.25) is 0 Å². The van der Waals surface area contributed by atoms with Gasteiger partial charge in [-0.2, -0.15) is 0 Å². The SMILES string of the molecule is COCCOCC(=O)N[C@@H](Cc1ccc(OCc2ccccc2)cc1)C(=O)OC. The molecule has 7 nitrogen and oxygen atoms in total. The minimum atomic E-state index is -0.797. The van der Waals surface area contributed by atoms with Crippen molar-refractivity contribution in [3.63, 3.8) is 0 Å². The van der Waals surface area contributed by atoms with Crippen molar-refractivity contribution in [3.8, 4) is 5.75 Å². The average Bonchev–Trinajstić information content (AvgIpc) is 2.76. The van der Waals surface area contributed by atoms with Crippen LogP contribution < -0.4 is 10.1 Å². The van der Waals surface area contributed by atoms with Gasteiger partial charge in [-0.3, -0.25) is 4.79 Å². The zero-order chi connectivity index (χ0) is 20.9. The fourth-order valence-electron chi connectivity index (χ4n) is 2.58. The van der Waals surface area contributed by atoms with Gasteiger partial charge in [0, 0.05) is 13.5 Å². The predicted molar refractivity (Wildman–Crippen MR) is 108 cm³/mol. The molecule has 0 fully saturated rings. The van der Waals surface area contributed by atoms with Crippen LogP contribution in [-0.2, 0) is 36.8 Å². The van der Waals surface area contributed by atoms with E-state index in [-0.39, 0.29) is 12.5 Å². The van der Waals surface area contributed by atoms with E-state index in [1.807, 2.05) is 54.6 Å². The molecule has 0 saturated heterocycles. The summed E-state index contributed by atoms with van der Waals surface area (Å²) in [5, 5.41) is 2.64. The number of carbonyl (C=O) groups is 2. The first-order chi connectivity index (χ1) is 14.1. The van der Waals surface area contributed by atoms with Gasteiger partial charge in [0.2, 0.25) is 5.91 Å². The van der Waals surface area contributed by atoms with Gasteiger partial charge < -0.3 is 24.3 Å². The molecule has 0 unspecified atom stereocenters. The molecule has 2 aromatic carbocycles. The number of nitrogens with one attached hydrogen (secondary N) is 1. The summed E-state index contributed by atoms with van der Waals surface area (Å²) in [7, 11) is 2.84. The average molecular weight is 401 g/mol.